The standard InChI is InChI=1S/C12H22N4O/c1-3-16(8-12-15-14-9(2)17-12)11-6-4-10(13)5-7-11/h10-11H,3-8,13H2,1-2H3. The Hall–Kier alpha value is -0.940. The smallest absolute Gasteiger partial charge is 0.230 e. The SMILES string of the molecule is CCN(Cc1nnc(C)o1)C1CCC(N)CC1. The second kappa shape index (κ2) is 5.60. The summed E-state index contributed by atoms with van der Waals surface area (Å²) in [5, 5.41) is 7.93. The molecule has 17 heavy (non-hydrogen) atoms. The van der Waals surface area contributed by atoms with Crippen molar-refractivity contribution in [3.8, 4) is 0 Å². The molecule has 96 valence electrons. The molecule has 0 atom stereocenters. The average molecular weight is 238 g/mol. The molecule has 5 heteroatoms. The zero-order valence-corrected chi connectivity index (χ0v) is 10.7. The molecule has 0 aromatic carbocycles. The molecule has 1 aliphatic carbocycles. The van der Waals surface area contributed by atoms with Crippen LogP contribution in [0.3, 0.4) is 0 Å². The molecule has 1 aromatic rings. The van der Waals surface area contributed by atoms with E-state index in [1.807, 2.05) is 6.92 Å². The molecule has 1 aromatic heterocycles. The Bertz CT molecular complexity index is 344. The van der Waals surface area contributed by atoms with Crippen LogP contribution < -0.4 is 5.73 Å². The summed E-state index contributed by atoms with van der Waals surface area (Å²) >= 11 is 0. The van der Waals surface area contributed by atoms with Crippen molar-refractivity contribution in [2.24, 2.45) is 5.73 Å². The van der Waals surface area contributed by atoms with E-state index in [9.17, 15) is 0 Å². The van der Waals surface area contributed by atoms with Gasteiger partial charge < -0.3 is 10.2 Å². The van der Waals surface area contributed by atoms with E-state index in [2.05, 4.69) is 22.0 Å². The minimum absolute atomic E-state index is 0.399. The summed E-state index contributed by atoms with van der Waals surface area (Å²) in [5.41, 5.74) is 5.94. The molecule has 5 nitrogen and oxygen atoms in total. The van der Waals surface area contributed by atoms with Gasteiger partial charge in [0.2, 0.25) is 11.8 Å². The first kappa shape index (κ1) is 12.5. The summed E-state index contributed by atoms with van der Waals surface area (Å²) in [6, 6.07) is 1.02. The Morgan fingerprint density at radius 2 is 2.00 bits per heavy atom. The molecule has 1 heterocycles. The van der Waals surface area contributed by atoms with Gasteiger partial charge in [-0.05, 0) is 32.2 Å². The lowest BCUT2D eigenvalue weighted by atomic mass is 9.91. The van der Waals surface area contributed by atoms with E-state index in [0.717, 1.165) is 31.8 Å². The molecular weight excluding hydrogens is 216 g/mol. The van der Waals surface area contributed by atoms with Gasteiger partial charge in [0.15, 0.2) is 0 Å². The number of rotatable bonds is 4. The fourth-order valence-corrected chi connectivity index (χ4v) is 2.54. The Labute approximate surface area is 102 Å². The molecule has 2 N–H and O–H groups in total. The fraction of sp³-hybridized carbons (Fsp3) is 0.833. The number of aromatic nitrogens is 2. The molecule has 1 aliphatic rings. The summed E-state index contributed by atoms with van der Waals surface area (Å²) in [6.45, 7) is 5.78. The van der Waals surface area contributed by atoms with Crippen LogP contribution in [0, 0.1) is 6.92 Å². The van der Waals surface area contributed by atoms with Crippen LogP contribution in [0.4, 0.5) is 0 Å². The summed E-state index contributed by atoms with van der Waals surface area (Å²) < 4.78 is 5.44. The highest BCUT2D eigenvalue weighted by molar-refractivity contribution is 4.85. The van der Waals surface area contributed by atoms with Gasteiger partial charge in [-0.25, -0.2) is 0 Å². The van der Waals surface area contributed by atoms with Gasteiger partial charge in [0.25, 0.3) is 0 Å². The van der Waals surface area contributed by atoms with Gasteiger partial charge >= 0.3 is 0 Å². The lowest BCUT2D eigenvalue weighted by Crippen LogP contribution is -2.40. The molecular formula is C12H22N4O. The molecule has 0 unspecified atom stereocenters. The van der Waals surface area contributed by atoms with Gasteiger partial charge in [-0.15, -0.1) is 10.2 Å². The van der Waals surface area contributed by atoms with Crippen molar-refractivity contribution in [2.75, 3.05) is 6.54 Å². The molecule has 1 fully saturated rings. The van der Waals surface area contributed by atoms with Gasteiger partial charge in [-0.1, -0.05) is 6.92 Å². The maximum Gasteiger partial charge on any atom is 0.230 e. The summed E-state index contributed by atoms with van der Waals surface area (Å²) in [4.78, 5) is 2.42. The van der Waals surface area contributed by atoms with Crippen LogP contribution >= 0.6 is 0 Å². The van der Waals surface area contributed by atoms with E-state index in [-0.39, 0.29) is 0 Å². The average Bonchev–Trinajstić information content (AvgIpc) is 2.73. The number of nitrogens with two attached hydrogens (primary N) is 1. The van der Waals surface area contributed by atoms with Crippen molar-refractivity contribution in [3.05, 3.63) is 11.8 Å². The van der Waals surface area contributed by atoms with Gasteiger partial charge in [0.1, 0.15) is 0 Å². The summed E-state index contributed by atoms with van der Waals surface area (Å²) in [5.74, 6) is 1.36. The minimum Gasteiger partial charge on any atom is -0.424 e. The molecule has 0 radical (unpaired) electrons. The first-order valence-corrected chi connectivity index (χ1v) is 6.47. The first-order chi connectivity index (χ1) is 8.19. The van der Waals surface area contributed by atoms with Crippen molar-refractivity contribution in [1.82, 2.24) is 15.1 Å². The Kier molecular flexibility index (Phi) is 4.12. The van der Waals surface area contributed by atoms with Gasteiger partial charge in [-0.3, -0.25) is 4.90 Å². The van der Waals surface area contributed by atoms with Crippen LogP contribution in [0.25, 0.3) is 0 Å². The molecule has 0 saturated heterocycles. The van der Waals surface area contributed by atoms with Crippen LogP contribution in [0.5, 0.6) is 0 Å². The quantitative estimate of drug-likeness (QED) is 0.860. The fourth-order valence-electron chi connectivity index (χ4n) is 2.54. The van der Waals surface area contributed by atoms with Gasteiger partial charge in [0.05, 0.1) is 6.54 Å². The normalized spacial score (nSPS) is 25.4. The number of aryl methyl sites for hydroxylation is 1. The third kappa shape index (κ3) is 3.26. The zero-order chi connectivity index (χ0) is 12.3. The van der Waals surface area contributed by atoms with E-state index in [1.54, 1.807) is 0 Å². The molecule has 1 saturated carbocycles. The maximum absolute atomic E-state index is 5.94. The first-order valence-electron chi connectivity index (χ1n) is 6.47. The third-order valence-electron chi connectivity index (χ3n) is 3.57. The predicted molar refractivity (Wildman–Crippen MR) is 65.4 cm³/mol. The van der Waals surface area contributed by atoms with Crippen LogP contribution in [-0.4, -0.2) is 33.7 Å². The Morgan fingerprint density at radius 3 is 2.53 bits per heavy atom. The Balaban J connectivity index is 1.92. The highest BCUT2D eigenvalue weighted by Crippen LogP contribution is 2.23. The van der Waals surface area contributed by atoms with E-state index >= 15 is 0 Å². The lowest BCUT2D eigenvalue weighted by molar-refractivity contribution is 0.137. The lowest BCUT2D eigenvalue weighted by Gasteiger charge is -2.34. The van der Waals surface area contributed by atoms with Crippen molar-refractivity contribution in [3.63, 3.8) is 0 Å². The number of hydrogen-bond donors (Lipinski definition) is 1. The molecule has 0 aliphatic heterocycles. The van der Waals surface area contributed by atoms with Crippen LogP contribution in [0.15, 0.2) is 4.42 Å². The van der Waals surface area contributed by atoms with E-state index in [4.69, 9.17) is 10.2 Å². The van der Waals surface area contributed by atoms with Crippen LogP contribution in [0.1, 0.15) is 44.4 Å². The van der Waals surface area contributed by atoms with E-state index < -0.39 is 0 Å². The van der Waals surface area contributed by atoms with E-state index in [1.165, 1.54) is 12.8 Å². The molecule has 0 amide bonds. The predicted octanol–water partition coefficient (Wildman–Crippen LogP) is 1.47. The topological polar surface area (TPSA) is 68.2 Å². The summed E-state index contributed by atoms with van der Waals surface area (Å²) in [7, 11) is 0. The molecule has 0 bridgehead atoms. The Morgan fingerprint density at radius 1 is 1.29 bits per heavy atom. The third-order valence-corrected chi connectivity index (χ3v) is 3.57. The highest BCUT2D eigenvalue weighted by atomic mass is 16.4. The van der Waals surface area contributed by atoms with Crippen molar-refractivity contribution in [2.45, 2.75) is 58.2 Å². The van der Waals surface area contributed by atoms with Crippen LogP contribution in [0.2, 0.25) is 0 Å². The van der Waals surface area contributed by atoms with Crippen molar-refractivity contribution in [1.29, 1.82) is 0 Å². The van der Waals surface area contributed by atoms with Gasteiger partial charge in [-0.2, -0.15) is 0 Å². The van der Waals surface area contributed by atoms with Crippen molar-refractivity contribution >= 4 is 0 Å². The van der Waals surface area contributed by atoms with Crippen molar-refractivity contribution < 1.29 is 4.42 Å². The minimum atomic E-state index is 0.399. The summed E-state index contributed by atoms with van der Waals surface area (Å²) in [6.07, 6.45) is 4.62. The van der Waals surface area contributed by atoms with E-state index in [0.29, 0.717) is 18.0 Å². The highest BCUT2D eigenvalue weighted by Gasteiger charge is 2.24. The largest absolute Gasteiger partial charge is 0.424 e. The molecule has 0 spiro atoms. The maximum atomic E-state index is 5.94. The van der Waals surface area contributed by atoms with Gasteiger partial charge in [0, 0.05) is 19.0 Å². The number of hydrogen-bond acceptors (Lipinski definition) is 5. The monoisotopic (exact) mass is 238 g/mol. The van der Waals surface area contributed by atoms with Crippen LogP contribution in [-0.2, 0) is 6.54 Å². The second-order valence-corrected chi connectivity index (χ2v) is 4.85. The number of nitrogens with zero attached hydrogens (tertiary/aromatic N) is 3. The zero-order valence-electron chi connectivity index (χ0n) is 10.7. The second-order valence-electron chi connectivity index (χ2n) is 4.85. The molecule has 2 rings (SSSR count).